The van der Waals surface area contributed by atoms with Crippen LogP contribution in [0.2, 0.25) is 0 Å². The quantitative estimate of drug-likeness (QED) is 0.179. The molecule has 2 fully saturated rings. The van der Waals surface area contributed by atoms with E-state index in [1.807, 2.05) is 29.2 Å². The molecule has 49 heavy (non-hydrogen) atoms. The first kappa shape index (κ1) is 33.5. The Labute approximate surface area is 284 Å². The number of aliphatic imine (C=N–C) groups is 2. The number of amidine groups is 1. The van der Waals surface area contributed by atoms with Crippen molar-refractivity contribution in [3.05, 3.63) is 88.9 Å². The monoisotopic (exact) mass is 665 g/mol. The van der Waals surface area contributed by atoms with Crippen molar-refractivity contribution in [2.24, 2.45) is 21.1 Å². The number of methoxy groups -OCH3 is 1. The molecule has 3 aliphatic rings. The highest BCUT2D eigenvalue weighted by molar-refractivity contribution is 6.14. The molecule has 1 aromatic heterocycles. The molecule has 13 heteroatoms. The molecule has 2 aromatic carbocycles. The molecule has 0 saturated carbocycles. The fraction of sp³-hybridized carbons (Fsp3) is 0.333. The Balaban J connectivity index is 1.07. The number of hydrogen-bond donors (Lipinski definition) is 3. The fourth-order valence-electron chi connectivity index (χ4n) is 6.81. The van der Waals surface area contributed by atoms with Crippen LogP contribution >= 0.6 is 0 Å². The number of nitrogen functional groups attached to an aromatic ring is 1. The van der Waals surface area contributed by atoms with Gasteiger partial charge in [0.1, 0.15) is 17.9 Å². The van der Waals surface area contributed by atoms with Gasteiger partial charge in [-0.25, -0.2) is 14.4 Å². The van der Waals surface area contributed by atoms with E-state index in [-0.39, 0.29) is 46.9 Å². The van der Waals surface area contributed by atoms with E-state index in [0.29, 0.717) is 57.1 Å². The lowest BCUT2D eigenvalue weighted by atomic mass is 9.85. The number of amides is 2. The van der Waals surface area contributed by atoms with Gasteiger partial charge in [-0.15, -0.1) is 0 Å². The van der Waals surface area contributed by atoms with Gasteiger partial charge in [-0.05, 0) is 61.2 Å². The summed E-state index contributed by atoms with van der Waals surface area (Å²) >= 11 is 0. The zero-order valence-electron chi connectivity index (χ0n) is 27.7. The van der Waals surface area contributed by atoms with Gasteiger partial charge in [0.2, 0.25) is 17.7 Å². The van der Waals surface area contributed by atoms with Crippen LogP contribution < -0.4 is 21.1 Å². The van der Waals surface area contributed by atoms with Gasteiger partial charge >= 0.3 is 0 Å². The van der Waals surface area contributed by atoms with Crippen LogP contribution in [0, 0.1) is 16.6 Å². The number of carbonyl (C=O) groups is 2. The third-order valence-corrected chi connectivity index (χ3v) is 9.61. The van der Waals surface area contributed by atoms with Crippen molar-refractivity contribution in [1.29, 1.82) is 5.41 Å². The van der Waals surface area contributed by atoms with Crippen LogP contribution in [0.3, 0.4) is 0 Å². The maximum atomic E-state index is 14.6. The van der Waals surface area contributed by atoms with Gasteiger partial charge in [-0.1, -0.05) is 30.3 Å². The van der Waals surface area contributed by atoms with Gasteiger partial charge in [0.15, 0.2) is 5.82 Å². The molecule has 4 heterocycles. The predicted molar refractivity (Wildman–Crippen MR) is 189 cm³/mol. The van der Waals surface area contributed by atoms with E-state index in [4.69, 9.17) is 21.6 Å². The van der Waals surface area contributed by atoms with Gasteiger partial charge in [-0.3, -0.25) is 24.9 Å². The standard InChI is InChI=1S/C36H40FN9O3/c1-41-22-42-34(40)25-5-3-23(4-6-25)24-11-15-45(16-12-24)31(47)20-44-17-13-36(21-44)14-18-46(35(36)48)26-7-9-29(38)27(19-26)32(39)33-28(37)8-10-30(43-33)49-2/h3-11,19,22,39H,12-18,20-21,38H2,1-2H3,(H2,40,41,42)/t36-/m0/s1. The van der Waals surface area contributed by atoms with Crippen molar-refractivity contribution in [3.8, 4) is 5.88 Å². The number of pyridine rings is 1. The molecular formula is C36H40FN9O3. The highest BCUT2D eigenvalue weighted by Crippen LogP contribution is 2.43. The predicted octanol–water partition coefficient (Wildman–Crippen LogP) is 3.34. The molecule has 6 rings (SSSR count). The van der Waals surface area contributed by atoms with E-state index in [2.05, 4.69) is 25.9 Å². The van der Waals surface area contributed by atoms with E-state index >= 15 is 0 Å². The summed E-state index contributed by atoms with van der Waals surface area (Å²) in [6.45, 7) is 3.06. The normalized spacial score (nSPS) is 20.0. The molecule has 1 atom stereocenters. The average molecular weight is 666 g/mol. The summed E-state index contributed by atoms with van der Waals surface area (Å²) in [7, 11) is 3.05. The zero-order chi connectivity index (χ0) is 34.7. The van der Waals surface area contributed by atoms with Gasteiger partial charge in [0, 0.05) is 61.8 Å². The summed E-state index contributed by atoms with van der Waals surface area (Å²) in [6.07, 6.45) is 5.57. The molecule has 5 N–H and O–H groups in total. The molecule has 3 aromatic rings. The first-order valence-corrected chi connectivity index (χ1v) is 16.2. The van der Waals surface area contributed by atoms with E-state index in [0.717, 1.165) is 17.5 Å². The maximum Gasteiger partial charge on any atom is 0.237 e. The molecule has 254 valence electrons. The van der Waals surface area contributed by atoms with Crippen molar-refractivity contribution in [3.63, 3.8) is 0 Å². The van der Waals surface area contributed by atoms with Crippen LogP contribution in [0.25, 0.3) is 5.57 Å². The van der Waals surface area contributed by atoms with Crippen molar-refractivity contribution in [2.75, 3.05) is 64.1 Å². The molecule has 1 spiro atoms. The lowest BCUT2D eigenvalue weighted by Crippen LogP contribution is -2.43. The van der Waals surface area contributed by atoms with E-state index in [1.54, 1.807) is 30.1 Å². The maximum absolute atomic E-state index is 14.6. The van der Waals surface area contributed by atoms with Crippen LogP contribution in [-0.2, 0) is 9.59 Å². The molecule has 0 radical (unpaired) electrons. The summed E-state index contributed by atoms with van der Waals surface area (Å²) in [4.78, 5) is 44.9. The Kier molecular flexibility index (Phi) is 9.54. The Morgan fingerprint density at radius 2 is 1.90 bits per heavy atom. The molecule has 0 bridgehead atoms. The minimum absolute atomic E-state index is 0.0153. The molecule has 2 amide bonds. The molecule has 2 saturated heterocycles. The summed E-state index contributed by atoms with van der Waals surface area (Å²) < 4.78 is 19.7. The third kappa shape index (κ3) is 6.79. The van der Waals surface area contributed by atoms with Gasteiger partial charge in [0.05, 0.1) is 24.8 Å². The highest BCUT2D eigenvalue weighted by Gasteiger charge is 2.51. The average Bonchev–Trinajstić information content (AvgIpc) is 3.68. The topological polar surface area (TPSA) is 167 Å². The Bertz CT molecular complexity index is 1870. The largest absolute Gasteiger partial charge is 0.481 e. The number of aromatic nitrogens is 1. The number of rotatable bonds is 9. The number of nitrogens with two attached hydrogens (primary N) is 2. The van der Waals surface area contributed by atoms with E-state index in [9.17, 15) is 14.0 Å². The van der Waals surface area contributed by atoms with Crippen LogP contribution in [0.1, 0.15) is 41.6 Å². The Morgan fingerprint density at radius 1 is 1.12 bits per heavy atom. The minimum Gasteiger partial charge on any atom is -0.481 e. The third-order valence-electron chi connectivity index (χ3n) is 9.61. The summed E-state index contributed by atoms with van der Waals surface area (Å²) in [6, 6.07) is 15.5. The van der Waals surface area contributed by atoms with Crippen molar-refractivity contribution >= 4 is 46.6 Å². The van der Waals surface area contributed by atoms with Crippen molar-refractivity contribution in [1.82, 2.24) is 14.8 Å². The molecule has 12 nitrogen and oxygen atoms in total. The number of nitrogens with zero attached hydrogens (tertiary/aromatic N) is 6. The lowest BCUT2D eigenvalue weighted by Gasteiger charge is -2.29. The first-order chi connectivity index (χ1) is 23.6. The van der Waals surface area contributed by atoms with Crippen LogP contribution in [0.15, 0.2) is 70.7 Å². The van der Waals surface area contributed by atoms with Crippen molar-refractivity contribution in [2.45, 2.75) is 19.3 Å². The highest BCUT2D eigenvalue weighted by atomic mass is 19.1. The number of hydrogen-bond acceptors (Lipinski definition) is 8. The summed E-state index contributed by atoms with van der Waals surface area (Å²) in [5.41, 5.74) is 15.5. The number of benzene rings is 2. The molecular weight excluding hydrogens is 625 g/mol. The first-order valence-electron chi connectivity index (χ1n) is 16.2. The van der Waals surface area contributed by atoms with Crippen LogP contribution in [0.4, 0.5) is 15.8 Å². The van der Waals surface area contributed by atoms with Gasteiger partial charge in [0.25, 0.3) is 0 Å². The van der Waals surface area contributed by atoms with Crippen LogP contribution in [-0.4, -0.2) is 97.9 Å². The molecule has 0 unspecified atom stereocenters. The molecule has 0 aliphatic carbocycles. The van der Waals surface area contributed by atoms with Crippen molar-refractivity contribution < 1.29 is 18.7 Å². The molecule has 3 aliphatic heterocycles. The Hall–Kier alpha value is -5.43. The lowest BCUT2D eigenvalue weighted by molar-refractivity contribution is -0.132. The number of halogens is 1. The van der Waals surface area contributed by atoms with E-state index < -0.39 is 11.2 Å². The second-order valence-corrected chi connectivity index (χ2v) is 12.6. The van der Waals surface area contributed by atoms with Crippen LogP contribution in [0.5, 0.6) is 5.88 Å². The second-order valence-electron chi connectivity index (χ2n) is 12.6. The fourth-order valence-corrected chi connectivity index (χ4v) is 6.81. The van der Waals surface area contributed by atoms with Gasteiger partial charge < -0.3 is 26.0 Å². The number of carbonyl (C=O) groups excluding carboxylic acids is 2. The number of nitrogens with one attached hydrogen (secondary N) is 1. The minimum atomic E-state index is -0.672. The van der Waals surface area contributed by atoms with E-state index in [1.165, 1.54) is 31.2 Å². The zero-order valence-corrected chi connectivity index (χ0v) is 27.7. The number of ether oxygens (including phenoxy) is 1. The second kappa shape index (κ2) is 14.0. The SMILES string of the molecule is CN=CN=C(N)c1ccc(C2=CCN(C(=O)CN3CC[C@]4(CCN(c5ccc(N)c(C(=N)c6nc(OC)ccc6F)c5)C4=O)C3)CC2)cc1. The number of anilines is 2. The van der Waals surface area contributed by atoms with Gasteiger partial charge in [-0.2, -0.15) is 0 Å². The smallest absolute Gasteiger partial charge is 0.237 e. The number of likely N-dealkylation sites (tertiary alicyclic amines) is 1. The Morgan fingerprint density at radius 3 is 2.61 bits per heavy atom. The summed E-state index contributed by atoms with van der Waals surface area (Å²) in [5.74, 6) is -0.0603. The summed E-state index contributed by atoms with van der Waals surface area (Å²) in [5, 5.41) is 8.67.